The quantitative estimate of drug-likeness (QED) is 0.466. The number of unbranched alkanes of at least 4 members (excludes halogenated alkanes) is 1. The van der Waals surface area contributed by atoms with Gasteiger partial charge in [-0.15, -0.1) is 0 Å². The van der Waals surface area contributed by atoms with Gasteiger partial charge in [-0.05, 0) is 42.8 Å². The van der Waals surface area contributed by atoms with Crippen molar-refractivity contribution >= 4 is 34.2 Å². The van der Waals surface area contributed by atoms with Crippen LogP contribution in [-0.4, -0.2) is 48.8 Å². The number of ether oxygens (including phenoxy) is 2. The number of benzene rings is 2. The van der Waals surface area contributed by atoms with Gasteiger partial charge in [-0.2, -0.15) is 0 Å². The van der Waals surface area contributed by atoms with Gasteiger partial charge in [0.1, 0.15) is 0 Å². The van der Waals surface area contributed by atoms with Crippen LogP contribution in [0.15, 0.2) is 48.5 Å². The van der Waals surface area contributed by atoms with Crippen molar-refractivity contribution in [3.8, 4) is 0 Å². The minimum absolute atomic E-state index is 0.196. The molecule has 7 nitrogen and oxygen atoms in total. The number of anilines is 3. The van der Waals surface area contributed by atoms with Crippen LogP contribution >= 0.6 is 0 Å². The van der Waals surface area contributed by atoms with E-state index >= 15 is 0 Å². The van der Waals surface area contributed by atoms with Gasteiger partial charge in [0, 0.05) is 24.5 Å². The summed E-state index contributed by atoms with van der Waals surface area (Å²) in [6.45, 7) is 5.69. The molecular weight excluding hydrogens is 380 g/mol. The maximum Gasteiger partial charge on any atom is 0.360 e. The largest absolute Gasteiger partial charge is 0.461 e. The molecule has 0 amide bonds. The molecule has 1 aliphatic rings. The molecule has 1 saturated heterocycles. The predicted molar refractivity (Wildman–Crippen MR) is 117 cm³/mol. The summed E-state index contributed by atoms with van der Waals surface area (Å²) in [5.41, 5.74) is 3.55. The topological polar surface area (TPSA) is 76.6 Å². The fourth-order valence-corrected chi connectivity index (χ4v) is 3.32. The van der Waals surface area contributed by atoms with Crippen molar-refractivity contribution < 1.29 is 14.3 Å². The van der Waals surface area contributed by atoms with Gasteiger partial charge < -0.3 is 19.7 Å². The molecule has 4 rings (SSSR count). The lowest BCUT2D eigenvalue weighted by molar-refractivity contribution is 0.0494. The zero-order valence-corrected chi connectivity index (χ0v) is 17.1. The number of para-hydroxylation sites is 2. The van der Waals surface area contributed by atoms with Gasteiger partial charge in [0.25, 0.3) is 0 Å². The molecule has 1 N–H and O–H groups in total. The number of fused-ring (bicyclic) bond motifs is 1. The van der Waals surface area contributed by atoms with Gasteiger partial charge >= 0.3 is 5.97 Å². The van der Waals surface area contributed by atoms with E-state index in [1.165, 1.54) is 0 Å². The third-order valence-corrected chi connectivity index (χ3v) is 5.00. The maximum atomic E-state index is 12.7. The van der Waals surface area contributed by atoms with Crippen LogP contribution in [0.25, 0.3) is 11.0 Å². The van der Waals surface area contributed by atoms with Crippen molar-refractivity contribution in [1.29, 1.82) is 0 Å². The number of carbonyl (C=O) groups excluding carboxylic acids is 1. The number of nitrogens with zero attached hydrogens (tertiary/aromatic N) is 3. The van der Waals surface area contributed by atoms with Gasteiger partial charge in [0.15, 0.2) is 11.5 Å². The van der Waals surface area contributed by atoms with Crippen LogP contribution in [0.3, 0.4) is 0 Å². The zero-order valence-electron chi connectivity index (χ0n) is 17.1. The first-order chi connectivity index (χ1) is 14.7. The molecule has 2 aromatic carbocycles. The Labute approximate surface area is 176 Å². The second-order valence-electron chi connectivity index (χ2n) is 7.17. The molecule has 0 saturated carbocycles. The number of nitrogens with one attached hydrogen (secondary N) is 1. The fraction of sp³-hybridized carbons (Fsp3) is 0.348. The Balaban J connectivity index is 1.58. The van der Waals surface area contributed by atoms with Crippen LogP contribution in [0.4, 0.5) is 17.2 Å². The average molecular weight is 406 g/mol. The number of esters is 1. The highest BCUT2D eigenvalue weighted by molar-refractivity contribution is 5.96. The molecule has 0 spiro atoms. The minimum atomic E-state index is -0.464. The Morgan fingerprint density at radius 2 is 1.77 bits per heavy atom. The van der Waals surface area contributed by atoms with Crippen LogP contribution in [0.1, 0.15) is 30.3 Å². The summed E-state index contributed by atoms with van der Waals surface area (Å²) in [6, 6.07) is 15.6. The van der Waals surface area contributed by atoms with Crippen LogP contribution in [0, 0.1) is 0 Å². The van der Waals surface area contributed by atoms with Crippen LogP contribution < -0.4 is 10.2 Å². The lowest BCUT2D eigenvalue weighted by Crippen LogP contribution is -2.36. The molecule has 0 bridgehead atoms. The van der Waals surface area contributed by atoms with Gasteiger partial charge in [0.05, 0.1) is 30.9 Å². The molecule has 2 heterocycles. The zero-order chi connectivity index (χ0) is 20.8. The summed E-state index contributed by atoms with van der Waals surface area (Å²) in [4.78, 5) is 24.1. The lowest BCUT2D eigenvalue weighted by Gasteiger charge is -2.28. The minimum Gasteiger partial charge on any atom is -0.461 e. The van der Waals surface area contributed by atoms with Gasteiger partial charge in [0.2, 0.25) is 0 Å². The molecule has 1 aromatic heterocycles. The molecule has 3 aromatic rings. The van der Waals surface area contributed by atoms with E-state index in [0.717, 1.165) is 56.0 Å². The Kier molecular flexibility index (Phi) is 6.39. The van der Waals surface area contributed by atoms with Crippen molar-refractivity contribution in [1.82, 2.24) is 9.97 Å². The predicted octanol–water partition coefficient (Wildman–Crippen LogP) is 4.17. The van der Waals surface area contributed by atoms with Crippen molar-refractivity contribution in [2.75, 3.05) is 43.1 Å². The Hall–Kier alpha value is -3.19. The molecule has 0 unspecified atom stereocenters. The summed E-state index contributed by atoms with van der Waals surface area (Å²) >= 11 is 0. The molecule has 30 heavy (non-hydrogen) atoms. The fourth-order valence-electron chi connectivity index (χ4n) is 3.32. The monoisotopic (exact) mass is 406 g/mol. The molecule has 0 atom stereocenters. The highest BCUT2D eigenvalue weighted by atomic mass is 16.5. The van der Waals surface area contributed by atoms with E-state index in [9.17, 15) is 4.79 Å². The van der Waals surface area contributed by atoms with Crippen molar-refractivity contribution in [3.05, 3.63) is 54.2 Å². The highest BCUT2D eigenvalue weighted by Crippen LogP contribution is 2.24. The van der Waals surface area contributed by atoms with E-state index in [2.05, 4.69) is 39.2 Å². The maximum absolute atomic E-state index is 12.7. The second-order valence-corrected chi connectivity index (χ2v) is 7.17. The summed E-state index contributed by atoms with van der Waals surface area (Å²) in [7, 11) is 0. The molecule has 0 aliphatic carbocycles. The number of hydrogen-bond acceptors (Lipinski definition) is 7. The number of morpholine rings is 1. The van der Waals surface area contributed by atoms with Crippen molar-refractivity contribution in [2.45, 2.75) is 19.8 Å². The first-order valence-corrected chi connectivity index (χ1v) is 10.4. The number of hydrogen-bond donors (Lipinski definition) is 1. The molecule has 0 radical (unpaired) electrons. The van der Waals surface area contributed by atoms with E-state index < -0.39 is 5.97 Å². The molecule has 156 valence electrons. The van der Waals surface area contributed by atoms with E-state index in [1.807, 2.05) is 36.4 Å². The summed E-state index contributed by atoms with van der Waals surface area (Å²) in [5, 5.41) is 3.25. The number of rotatable bonds is 7. The Morgan fingerprint density at radius 3 is 2.47 bits per heavy atom. The number of aromatic nitrogens is 2. The first-order valence-electron chi connectivity index (χ1n) is 10.4. The van der Waals surface area contributed by atoms with Crippen LogP contribution in [-0.2, 0) is 9.47 Å². The van der Waals surface area contributed by atoms with Crippen LogP contribution in [0.5, 0.6) is 0 Å². The molecule has 7 heteroatoms. The van der Waals surface area contributed by atoms with Gasteiger partial charge in [-0.1, -0.05) is 25.5 Å². The summed E-state index contributed by atoms with van der Waals surface area (Å²) in [5.74, 6) is -0.0662. The van der Waals surface area contributed by atoms with Crippen molar-refractivity contribution in [3.63, 3.8) is 0 Å². The standard InChI is InChI=1S/C23H26N4O3/c1-2-3-14-30-23(28)21-22(26-20-7-5-4-6-19(20)25-21)24-17-8-10-18(11-9-17)27-12-15-29-16-13-27/h4-11H,2-3,12-16H2,1H3,(H,24,26). The van der Waals surface area contributed by atoms with E-state index in [1.54, 1.807) is 0 Å². The Morgan fingerprint density at radius 1 is 1.07 bits per heavy atom. The Bertz CT molecular complexity index is 1000. The average Bonchev–Trinajstić information content (AvgIpc) is 2.80. The third-order valence-electron chi connectivity index (χ3n) is 5.00. The van der Waals surface area contributed by atoms with E-state index in [4.69, 9.17) is 9.47 Å². The summed E-state index contributed by atoms with van der Waals surface area (Å²) < 4.78 is 10.8. The van der Waals surface area contributed by atoms with Gasteiger partial charge in [-0.25, -0.2) is 14.8 Å². The third kappa shape index (κ3) is 4.68. The van der Waals surface area contributed by atoms with Gasteiger partial charge in [-0.3, -0.25) is 0 Å². The van der Waals surface area contributed by atoms with E-state index in [-0.39, 0.29) is 5.69 Å². The smallest absolute Gasteiger partial charge is 0.360 e. The van der Waals surface area contributed by atoms with Crippen molar-refractivity contribution in [2.24, 2.45) is 0 Å². The first kappa shape index (κ1) is 20.1. The lowest BCUT2D eigenvalue weighted by atomic mass is 10.2. The molecular formula is C23H26N4O3. The number of carbonyl (C=O) groups is 1. The SMILES string of the molecule is CCCCOC(=O)c1nc2ccccc2nc1Nc1ccc(N2CCOCC2)cc1. The van der Waals surface area contributed by atoms with Crippen LogP contribution in [0.2, 0.25) is 0 Å². The second kappa shape index (κ2) is 9.54. The molecule has 1 aliphatic heterocycles. The molecule has 1 fully saturated rings. The normalized spacial score (nSPS) is 14.0. The van der Waals surface area contributed by atoms with E-state index in [0.29, 0.717) is 17.9 Å². The summed E-state index contributed by atoms with van der Waals surface area (Å²) in [6.07, 6.45) is 1.77. The highest BCUT2D eigenvalue weighted by Gasteiger charge is 2.18.